The van der Waals surface area contributed by atoms with Gasteiger partial charge in [-0.1, -0.05) is 22.0 Å². The first kappa shape index (κ1) is 17.7. The molecule has 1 aromatic carbocycles. The second-order valence-corrected chi connectivity index (χ2v) is 7.35. The molecule has 0 aliphatic heterocycles. The van der Waals surface area contributed by atoms with Gasteiger partial charge in [0.15, 0.2) is 6.10 Å². The fourth-order valence-corrected chi connectivity index (χ4v) is 3.37. The molecule has 0 bridgehead atoms. The summed E-state index contributed by atoms with van der Waals surface area (Å²) in [5.41, 5.74) is 3.14. The van der Waals surface area contributed by atoms with E-state index in [9.17, 15) is 9.59 Å². The van der Waals surface area contributed by atoms with Crippen molar-refractivity contribution in [2.24, 2.45) is 0 Å². The molecule has 0 radical (unpaired) electrons. The van der Waals surface area contributed by atoms with Crippen molar-refractivity contribution in [2.45, 2.75) is 45.8 Å². The Morgan fingerprint density at radius 2 is 2.00 bits per heavy atom. The third-order valence-corrected chi connectivity index (χ3v) is 4.85. The highest BCUT2D eigenvalue weighted by molar-refractivity contribution is 9.10. The normalized spacial score (nSPS) is 14.9. The molecule has 1 aromatic heterocycles. The predicted octanol–water partition coefficient (Wildman–Crippen LogP) is 4.39. The van der Waals surface area contributed by atoms with Crippen LogP contribution in [0.25, 0.3) is 0 Å². The first-order chi connectivity index (χ1) is 11.9. The van der Waals surface area contributed by atoms with Gasteiger partial charge in [-0.05, 0) is 57.9 Å². The summed E-state index contributed by atoms with van der Waals surface area (Å²) in [6.45, 7) is 5.49. The van der Waals surface area contributed by atoms with Crippen LogP contribution in [-0.4, -0.2) is 22.5 Å². The van der Waals surface area contributed by atoms with E-state index in [2.05, 4.69) is 25.8 Å². The minimum absolute atomic E-state index is 0.359. The number of ether oxygens (including phenoxy) is 1. The van der Waals surface area contributed by atoms with Crippen LogP contribution in [-0.2, 0) is 9.53 Å². The Morgan fingerprint density at radius 1 is 1.28 bits per heavy atom. The number of aromatic nitrogens is 1. The highest BCUT2D eigenvalue weighted by atomic mass is 79.9. The average molecular weight is 405 g/mol. The number of amides is 1. The molecule has 1 amide bonds. The Bertz CT molecular complexity index is 824. The molecule has 132 valence electrons. The molecule has 5 nitrogen and oxygen atoms in total. The Hall–Kier alpha value is -2.08. The summed E-state index contributed by atoms with van der Waals surface area (Å²) in [5, 5.41) is 2.75. The monoisotopic (exact) mass is 404 g/mol. The molecular weight excluding hydrogens is 384 g/mol. The zero-order valence-corrected chi connectivity index (χ0v) is 16.1. The number of nitrogens with zero attached hydrogens (tertiary/aromatic N) is 1. The van der Waals surface area contributed by atoms with E-state index in [-0.39, 0.29) is 5.91 Å². The van der Waals surface area contributed by atoms with E-state index in [0.717, 1.165) is 28.7 Å². The summed E-state index contributed by atoms with van der Waals surface area (Å²) in [5.74, 6) is -0.820. The van der Waals surface area contributed by atoms with Crippen LogP contribution in [0.2, 0.25) is 0 Å². The molecule has 2 aromatic rings. The number of hydrogen-bond acceptors (Lipinski definition) is 3. The van der Waals surface area contributed by atoms with Crippen molar-refractivity contribution in [3.8, 4) is 0 Å². The fourth-order valence-electron chi connectivity index (χ4n) is 2.97. The van der Waals surface area contributed by atoms with E-state index in [1.54, 1.807) is 19.1 Å². The summed E-state index contributed by atoms with van der Waals surface area (Å²) < 4.78 is 8.42. The lowest BCUT2D eigenvalue weighted by Crippen LogP contribution is -2.30. The van der Waals surface area contributed by atoms with Gasteiger partial charge < -0.3 is 14.6 Å². The third kappa shape index (κ3) is 3.95. The number of rotatable bonds is 5. The van der Waals surface area contributed by atoms with Gasteiger partial charge >= 0.3 is 5.97 Å². The van der Waals surface area contributed by atoms with E-state index < -0.39 is 12.1 Å². The number of halogens is 1. The van der Waals surface area contributed by atoms with Gasteiger partial charge in [0.05, 0.1) is 5.56 Å². The van der Waals surface area contributed by atoms with Crippen molar-refractivity contribution >= 4 is 33.5 Å². The highest BCUT2D eigenvalue weighted by Crippen LogP contribution is 2.38. The molecule has 6 heteroatoms. The van der Waals surface area contributed by atoms with Crippen molar-refractivity contribution in [3.05, 3.63) is 51.8 Å². The number of esters is 1. The number of benzene rings is 1. The summed E-state index contributed by atoms with van der Waals surface area (Å²) in [6, 6.07) is 9.60. The minimum Gasteiger partial charge on any atom is -0.449 e. The maximum atomic E-state index is 12.5. The fraction of sp³-hybridized carbons (Fsp3) is 0.368. The predicted molar refractivity (Wildman–Crippen MR) is 99.8 cm³/mol. The van der Waals surface area contributed by atoms with Gasteiger partial charge in [0.2, 0.25) is 0 Å². The molecule has 0 unspecified atom stereocenters. The molecule has 1 aliphatic carbocycles. The Balaban J connectivity index is 1.66. The molecule has 1 saturated carbocycles. The van der Waals surface area contributed by atoms with E-state index in [1.165, 1.54) is 0 Å². The quantitative estimate of drug-likeness (QED) is 0.751. The van der Waals surface area contributed by atoms with Crippen LogP contribution in [0, 0.1) is 13.8 Å². The molecule has 1 aliphatic rings. The van der Waals surface area contributed by atoms with Crippen LogP contribution in [0.1, 0.15) is 47.6 Å². The maximum absolute atomic E-state index is 12.5. The molecule has 25 heavy (non-hydrogen) atoms. The Labute approximate surface area is 155 Å². The average Bonchev–Trinajstić information content (AvgIpc) is 3.32. The summed E-state index contributed by atoms with van der Waals surface area (Å²) in [7, 11) is 0. The van der Waals surface area contributed by atoms with E-state index in [4.69, 9.17) is 4.74 Å². The van der Waals surface area contributed by atoms with Crippen LogP contribution in [0.3, 0.4) is 0 Å². The topological polar surface area (TPSA) is 60.3 Å². The number of anilines is 1. The van der Waals surface area contributed by atoms with Crippen LogP contribution in [0.15, 0.2) is 34.8 Å². The van der Waals surface area contributed by atoms with Crippen molar-refractivity contribution in [1.82, 2.24) is 4.57 Å². The van der Waals surface area contributed by atoms with Crippen LogP contribution >= 0.6 is 15.9 Å². The van der Waals surface area contributed by atoms with Crippen molar-refractivity contribution in [1.29, 1.82) is 0 Å². The molecular formula is C19H21BrN2O3. The molecule has 1 atom stereocenters. The summed E-state index contributed by atoms with van der Waals surface area (Å²) >= 11 is 3.35. The van der Waals surface area contributed by atoms with E-state index in [0.29, 0.717) is 17.3 Å². The smallest absolute Gasteiger partial charge is 0.340 e. The second kappa shape index (κ2) is 7.04. The first-order valence-corrected chi connectivity index (χ1v) is 9.12. The zero-order valence-electron chi connectivity index (χ0n) is 14.5. The van der Waals surface area contributed by atoms with Crippen molar-refractivity contribution < 1.29 is 14.3 Å². The first-order valence-electron chi connectivity index (χ1n) is 8.32. The lowest BCUT2D eigenvalue weighted by molar-refractivity contribution is -0.123. The van der Waals surface area contributed by atoms with E-state index in [1.807, 2.05) is 32.0 Å². The third-order valence-electron chi connectivity index (χ3n) is 4.36. The van der Waals surface area contributed by atoms with Crippen LogP contribution in [0.4, 0.5) is 5.69 Å². The SMILES string of the molecule is Cc1cc(C(=O)O[C@@H](C)C(=O)Nc2cccc(Br)c2)c(C)n1C1CC1. The van der Waals surface area contributed by atoms with Gasteiger partial charge in [-0.25, -0.2) is 4.79 Å². The zero-order chi connectivity index (χ0) is 18.1. The number of hydrogen-bond donors (Lipinski definition) is 1. The maximum Gasteiger partial charge on any atom is 0.340 e. The van der Waals surface area contributed by atoms with Crippen LogP contribution < -0.4 is 5.32 Å². The molecule has 1 fully saturated rings. The van der Waals surface area contributed by atoms with Crippen molar-refractivity contribution in [3.63, 3.8) is 0 Å². The number of nitrogens with one attached hydrogen (secondary N) is 1. The lowest BCUT2D eigenvalue weighted by atomic mass is 10.2. The van der Waals surface area contributed by atoms with Gasteiger partial charge in [-0.15, -0.1) is 0 Å². The largest absolute Gasteiger partial charge is 0.449 e. The van der Waals surface area contributed by atoms with Crippen molar-refractivity contribution in [2.75, 3.05) is 5.32 Å². The van der Waals surface area contributed by atoms with E-state index >= 15 is 0 Å². The molecule has 0 spiro atoms. The highest BCUT2D eigenvalue weighted by Gasteiger charge is 2.29. The van der Waals surface area contributed by atoms with Gasteiger partial charge in [-0.3, -0.25) is 4.79 Å². The van der Waals surface area contributed by atoms with Gasteiger partial charge in [0, 0.05) is 27.6 Å². The summed E-state index contributed by atoms with van der Waals surface area (Å²) in [6.07, 6.45) is 1.42. The second-order valence-electron chi connectivity index (χ2n) is 6.43. The van der Waals surface area contributed by atoms with Gasteiger partial charge in [0.25, 0.3) is 5.91 Å². The summed E-state index contributed by atoms with van der Waals surface area (Å²) in [4.78, 5) is 24.7. The molecule has 0 saturated heterocycles. The number of carbonyl (C=O) groups is 2. The van der Waals surface area contributed by atoms with Crippen LogP contribution in [0.5, 0.6) is 0 Å². The minimum atomic E-state index is -0.879. The number of aryl methyl sites for hydroxylation is 1. The Kier molecular flexibility index (Phi) is 4.99. The lowest BCUT2D eigenvalue weighted by Gasteiger charge is -2.14. The van der Waals surface area contributed by atoms with Gasteiger partial charge in [0.1, 0.15) is 0 Å². The molecule has 1 heterocycles. The molecule has 3 rings (SSSR count). The standard InChI is InChI=1S/C19H21BrN2O3/c1-11-9-17(12(2)22(11)16-7-8-16)19(24)25-13(3)18(23)21-15-6-4-5-14(20)10-15/h4-6,9-10,13,16H,7-8H2,1-3H3,(H,21,23)/t13-/m0/s1. The number of carbonyl (C=O) groups excluding carboxylic acids is 2. The Morgan fingerprint density at radius 3 is 2.64 bits per heavy atom. The van der Waals surface area contributed by atoms with Gasteiger partial charge in [-0.2, -0.15) is 0 Å². The molecule has 1 N–H and O–H groups in total.